The number of nitrogens with one attached hydrogen (secondary N) is 1. The molecule has 0 spiro atoms. The number of fused-ring (bicyclic) bond motifs is 1. The van der Waals surface area contributed by atoms with Crippen molar-refractivity contribution in [2.75, 3.05) is 11.9 Å². The number of nitrogens with zero attached hydrogens (tertiary/aromatic N) is 4. The molecule has 5 nitrogen and oxygen atoms in total. The fourth-order valence-electron chi connectivity index (χ4n) is 1.77. The number of thioether (sulfide) groups is 1. The maximum absolute atomic E-state index is 4.60. The van der Waals surface area contributed by atoms with Crippen LogP contribution in [0.4, 0.5) is 5.82 Å². The molecule has 3 aromatic heterocycles. The molecular weight excluding hydrogens is 290 g/mol. The van der Waals surface area contributed by atoms with Crippen LogP contribution in [0.5, 0.6) is 0 Å². The second kappa shape index (κ2) is 6.15. The maximum atomic E-state index is 4.60. The van der Waals surface area contributed by atoms with Crippen molar-refractivity contribution in [3.8, 4) is 0 Å². The van der Waals surface area contributed by atoms with E-state index in [0.717, 1.165) is 33.4 Å². The third kappa shape index (κ3) is 2.88. The van der Waals surface area contributed by atoms with Crippen LogP contribution in [0.3, 0.4) is 0 Å². The van der Waals surface area contributed by atoms with Crippen LogP contribution in [0, 0.1) is 0 Å². The first-order valence-electron chi connectivity index (χ1n) is 6.23. The summed E-state index contributed by atoms with van der Waals surface area (Å²) >= 11 is 3.25. The molecule has 0 unspecified atom stereocenters. The Morgan fingerprint density at radius 3 is 3.05 bits per heavy atom. The van der Waals surface area contributed by atoms with Crippen LogP contribution in [0.25, 0.3) is 10.2 Å². The summed E-state index contributed by atoms with van der Waals surface area (Å²) in [6.07, 6.45) is 3.29. The normalized spacial score (nSPS) is 10.8. The van der Waals surface area contributed by atoms with Gasteiger partial charge in [-0.15, -0.1) is 11.3 Å². The van der Waals surface area contributed by atoms with E-state index in [9.17, 15) is 0 Å². The summed E-state index contributed by atoms with van der Waals surface area (Å²) < 4.78 is 0. The van der Waals surface area contributed by atoms with E-state index in [1.807, 2.05) is 11.4 Å². The summed E-state index contributed by atoms with van der Waals surface area (Å²) in [4.78, 5) is 18.3. The van der Waals surface area contributed by atoms with Crippen molar-refractivity contribution < 1.29 is 0 Å². The van der Waals surface area contributed by atoms with E-state index in [-0.39, 0.29) is 0 Å². The van der Waals surface area contributed by atoms with Crippen LogP contribution in [-0.4, -0.2) is 26.5 Å². The van der Waals surface area contributed by atoms with E-state index in [0.29, 0.717) is 5.75 Å². The summed E-state index contributed by atoms with van der Waals surface area (Å²) in [5.74, 6) is 2.43. The van der Waals surface area contributed by atoms with Crippen molar-refractivity contribution >= 4 is 39.1 Å². The van der Waals surface area contributed by atoms with Crippen LogP contribution in [-0.2, 0) is 5.75 Å². The molecule has 7 heteroatoms. The number of anilines is 1. The highest BCUT2D eigenvalue weighted by molar-refractivity contribution is 7.98. The summed E-state index contributed by atoms with van der Waals surface area (Å²) in [5, 5.41) is 7.36. The molecular formula is C13H13N5S2. The first-order chi connectivity index (χ1) is 9.86. The van der Waals surface area contributed by atoms with Crippen molar-refractivity contribution in [3.63, 3.8) is 0 Å². The molecule has 0 aromatic carbocycles. The quantitative estimate of drug-likeness (QED) is 0.577. The third-order valence-electron chi connectivity index (χ3n) is 2.62. The zero-order chi connectivity index (χ0) is 13.8. The molecule has 3 rings (SSSR count). The van der Waals surface area contributed by atoms with Gasteiger partial charge in [-0.05, 0) is 24.4 Å². The Hall–Kier alpha value is -1.73. The molecule has 0 saturated carbocycles. The van der Waals surface area contributed by atoms with Gasteiger partial charge in [0.2, 0.25) is 0 Å². The Balaban J connectivity index is 1.84. The molecule has 0 aliphatic rings. The predicted octanol–water partition coefficient (Wildman–Crippen LogP) is 3.21. The molecule has 0 atom stereocenters. The first kappa shape index (κ1) is 13.3. The fraction of sp³-hybridized carbons (Fsp3) is 0.231. The smallest absolute Gasteiger partial charge is 0.142 e. The Morgan fingerprint density at radius 1 is 1.30 bits per heavy atom. The van der Waals surface area contributed by atoms with Gasteiger partial charge in [0.15, 0.2) is 0 Å². The topological polar surface area (TPSA) is 63.6 Å². The third-order valence-corrected chi connectivity index (χ3v) is 4.37. The Kier molecular flexibility index (Phi) is 4.08. The van der Waals surface area contributed by atoms with Gasteiger partial charge in [-0.1, -0.05) is 11.8 Å². The second-order valence-electron chi connectivity index (χ2n) is 3.99. The molecule has 0 fully saturated rings. The standard InChI is InChI=1S/C13H13N5S2/c1-2-15-12-9-4-6-19-13(9)18-10(17-12)7-20-11-3-5-14-8-16-11/h3-6,8H,2,7H2,1H3,(H,15,17,18). The number of aromatic nitrogens is 4. The zero-order valence-electron chi connectivity index (χ0n) is 10.9. The summed E-state index contributed by atoms with van der Waals surface area (Å²) in [7, 11) is 0. The highest BCUT2D eigenvalue weighted by Gasteiger charge is 2.08. The average molecular weight is 303 g/mol. The van der Waals surface area contributed by atoms with Gasteiger partial charge in [-0.2, -0.15) is 0 Å². The van der Waals surface area contributed by atoms with Gasteiger partial charge < -0.3 is 5.32 Å². The van der Waals surface area contributed by atoms with Crippen LogP contribution >= 0.6 is 23.1 Å². The highest BCUT2D eigenvalue weighted by atomic mass is 32.2. The molecule has 3 heterocycles. The number of hydrogen-bond donors (Lipinski definition) is 1. The summed E-state index contributed by atoms with van der Waals surface area (Å²) in [6.45, 7) is 2.91. The molecule has 1 N–H and O–H groups in total. The van der Waals surface area contributed by atoms with Gasteiger partial charge in [-0.3, -0.25) is 0 Å². The van der Waals surface area contributed by atoms with Gasteiger partial charge in [0.05, 0.1) is 16.2 Å². The van der Waals surface area contributed by atoms with E-state index >= 15 is 0 Å². The van der Waals surface area contributed by atoms with Crippen molar-refractivity contribution in [1.82, 2.24) is 19.9 Å². The molecule has 0 radical (unpaired) electrons. The Morgan fingerprint density at radius 2 is 2.25 bits per heavy atom. The molecule has 0 aliphatic heterocycles. The van der Waals surface area contributed by atoms with E-state index in [4.69, 9.17) is 0 Å². The van der Waals surface area contributed by atoms with Crippen molar-refractivity contribution in [3.05, 3.63) is 35.9 Å². The number of rotatable bonds is 5. The minimum Gasteiger partial charge on any atom is -0.370 e. The molecule has 20 heavy (non-hydrogen) atoms. The maximum Gasteiger partial charge on any atom is 0.142 e. The molecule has 102 valence electrons. The average Bonchev–Trinajstić information content (AvgIpc) is 2.95. The van der Waals surface area contributed by atoms with Gasteiger partial charge >= 0.3 is 0 Å². The number of hydrogen-bond acceptors (Lipinski definition) is 7. The second-order valence-corrected chi connectivity index (χ2v) is 5.88. The predicted molar refractivity (Wildman–Crippen MR) is 83.2 cm³/mol. The first-order valence-corrected chi connectivity index (χ1v) is 8.10. The van der Waals surface area contributed by atoms with Crippen molar-refractivity contribution in [1.29, 1.82) is 0 Å². The van der Waals surface area contributed by atoms with E-state index < -0.39 is 0 Å². The van der Waals surface area contributed by atoms with E-state index in [1.165, 1.54) is 0 Å². The van der Waals surface area contributed by atoms with Gasteiger partial charge in [0.25, 0.3) is 0 Å². The summed E-state index contributed by atoms with van der Waals surface area (Å²) in [6, 6.07) is 3.94. The molecule has 0 bridgehead atoms. The zero-order valence-corrected chi connectivity index (χ0v) is 12.5. The summed E-state index contributed by atoms with van der Waals surface area (Å²) in [5.41, 5.74) is 0. The van der Waals surface area contributed by atoms with Crippen molar-refractivity contribution in [2.45, 2.75) is 17.7 Å². The lowest BCUT2D eigenvalue weighted by atomic mass is 10.3. The monoisotopic (exact) mass is 303 g/mol. The highest BCUT2D eigenvalue weighted by Crippen LogP contribution is 2.27. The SMILES string of the molecule is CCNc1nc(CSc2ccncn2)nc2sccc12. The lowest BCUT2D eigenvalue weighted by molar-refractivity contribution is 1.03. The van der Waals surface area contributed by atoms with Crippen LogP contribution < -0.4 is 5.32 Å². The minimum atomic E-state index is 0.698. The van der Waals surface area contributed by atoms with E-state index in [2.05, 4.69) is 38.2 Å². The minimum absolute atomic E-state index is 0.698. The molecule has 0 saturated heterocycles. The Bertz CT molecular complexity index is 698. The van der Waals surface area contributed by atoms with Crippen LogP contribution in [0.2, 0.25) is 0 Å². The van der Waals surface area contributed by atoms with E-state index in [1.54, 1.807) is 35.6 Å². The van der Waals surface area contributed by atoms with Gasteiger partial charge in [0.1, 0.15) is 22.8 Å². The molecule has 3 aromatic rings. The van der Waals surface area contributed by atoms with Gasteiger partial charge in [0, 0.05) is 12.7 Å². The largest absolute Gasteiger partial charge is 0.370 e. The lowest BCUT2D eigenvalue weighted by Crippen LogP contribution is -2.03. The lowest BCUT2D eigenvalue weighted by Gasteiger charge is -2.06. The molecule has 0 aliphatic carbocycles. The van der Waals surface area contributed by atoms with Crippen LogP contribution in [0.15, 0.2) is 35.1 Å². The van der Waals surface area contributed by atoms with Gasteiger partial charge in [-0.25, -0.2) is 19.9 Å². The molecule has 0 amide bonds. The fourth-order valence-corrected chi connectivity index (χ4v) is 3.24. The van der Waals surface area contributed by atoms with Crippen molar-refractivity contribution in [2.24, 2.45) is 0 Å². The van der Waals surface area contributed by atoms with Crippen LogP contribution in [0.1, 0.15) is 12.7 Å². The Labute approximate surface area is 124 Å². The number of thiophene rings is 1.